The lowest BCUT2D eigenvalue weighted by molar-refractivity contribution is -0.121. The van der Waals surface area contributed by atoms with Crippen molar-refractivity contribution in [3.63, 3.8) is 0 Å². The van der Waals surface area contributed by atoms with Crippen LogP contribution in [0, 0.1) is 0 Å². The van der Waals surface area contributed by atoms with Gasteiger partial charge in [-0.25, -0.2) is 13.2 Å². The Balaban J connectivity index is 1.49. The van der Waals surface area contributed by atoms with Crippen molar-refractivity contribution in [2.45, 2.75) is 12.5 Å². The van der Waals surface area contributed by atoms with E-state index in [-0.39, 0.29) is 5.75 Å². The predicted molar refractivity (Wildman–Crippen MR) is 127 cm³/mol. The van der Waals surface area contributed by atoms with Crippen LogP contribution in [-0.2, 0) is 25.8 Å². The highest BCUT2D eigenvalue weighted by Gasteiger charge is 2.32. The molecular formula is C26H23NO5S. The molecule has 6 nitrogen and oxygen atoms in total. The number of carbonyl (C=O) groups is 2. The van der Waals surface area contributed by atoms with E-state index in [0.717, 1.165) is 16.5 Å². The molecule has 1 unspecified atom stereocenters. The summed E-state index contributed by atoms with van der Waals surface area (Å²) in [5.74, 6) is -1.30. The van der Waals surface area contributed by atoms with E-state index < -0.39 is 34.4 Å². The molecule has 33 heavy (non-hydrogen) atoms. The molecule has 0 fully saturated rings. The van der Waals surface area contributed by atoms with Crippen LogP contribution in [0.4, 0.5) is 5.69 Å². The zero-order chi connectivity index (χ0) is 23.3. The minimum Gasteiger partial charge on any atom is -0.452 e. The molecule has 1 amide bonds. The summed E-state index contributed by atoms with van der Waals surface area (Å²) in [5.41, 5.74) is 2.78. The first-order chi connectivity index (χ1) is 15.9. The second-order valence-electron chi connectivity index (χ2n) is 7.72. The van der Waals surface area contributed by atoms with Gasteiger partial charge in [0.15, 0.2) is 16.4 Å². The number of benzene rings is 3. The number of hydrogen-bond donors (Lipinski definition) is 0. The van der Waals surface area contributed by atoms with Gasteiger partial charge in [0.1, 0.15) is 0 Å². The third-order valence-electron chi connectivity index (χ3n) is 5.35. The summed E-state index contributed by atoms with van der Waals surface area (Å²) in [6.07, 6.45) is 2.04. The van der Waals surface area contributed by atoms with Crippen LogP contribution >= 0.6 is 0 Å². The highest BCUT2D eigenvalue weighted by Crippen LogP contribution is 2.23. The number of amides is 1. The monoisotopic (exact) mass is 461 g/mol. The first kappa shape index (κ1) is 22.5. The Morgan fingerprint density at radius 1 is 0.879 bits per heavy atom. The van der Waals surface area contributed by atoms with E-state index in [1.165, 1.54) is 11.0 Å². The molecule has 0 saturated carbocycles. The van der Waals surface area contributed by atoms with E-state index in [0.29, 0.717) is 17.7 Å². The summed E-state index contributed by atoms with van der Waals surface area (Å²) >= 11 is 0. The van der Waals surface area contributed by atoms with E-state index in [1.54, 1.807) is 42.5 Å². The van der Waals surface area contributed by atoms with Crippen LogP contribution in [0.5, 0.6) is 0 Å². The molecule has 0 bridgehead atoms. The van der Waals surface area contributed by atoms with Crippen LogP contribution < -0.4 is 4.90 Å². The number of para-hydroxylation sites is 1. The second kappa shape index (κ2) is 9.83. The summed E-state index contributed by atoms with van der Waals surface area (Å²) in [6, 6.07) is 25.0. The largest absolute Gasteiger partial charge is 0.452 e. The van der Waals surface area contributed by atoms with Crippen molar-refractivity contribution in [1.29, 1.82) is 0 Å². The van der Waals surface area contributed by atoms with E-state index >= 15 is 0 Å². The maximum Gasteiger partial charge on any atom is 0.338 e. The maximum absolute atomic E-state index is 13.1. The first-order valence-corrected chi connectivity index (χ1v) is 12.2. The summed E-state index contributed by atoms with van der Waals surface area (Å²) in [5, 5.41) is 1.12. The van der Waals surface area contributed by atoms with E-state index in [2.05, 4.69) is 0 Å². The zero-order valence-electron chi connectivity index (χ0n) is 17.8. The summed E-state index contributed by atoms with van der Waals surface area (Å²) in [4.78, 5) is 27.3. The fraction of sp³-hybridized carbons (Fsp3) is 0.154. The molecule has 1 heterocycles. The number of ether oxygens (including phenoxy) is 1. The van der Waals surface area contributed by atoms with Gasteiger partial charge in [0, 0.05) is 11.1 Å². The standard InChI is InChI=1S/C26H23NO5S/c28-25(27(22-12-5-2-6-13-22)23-15-16-33(30,31)19-23)18-32-26(29)24-14-8-7-11-21(24)17-20-9-3-1-4-10-20/h1-16,23H,17-19H2. The number of rotatable bonds is 7. The average Bonchev–Trinajstić information content (AvgIpc) is 3.18. The smallest absolute Gasteiger partial charge is 0.338 e. The molecule has 1 aliphatic rings. The topological polar surface area (TPSA) is 80.8 Å². The van der Waals surface area contributed by atoms with Gasteiger partial charge < -0.3 is 9.64 Å². The van der Waals surface area contributed by atoms with Crippen molar-refractivity contribution in [3.8, 4) is 0 Å². The lowest BCUT2D eigenvalue weighted by Crippen LogP contribution is -2.43. The van der Waals surface area contributed by atoms with Crippen LogP contribution in [0.25, 0.3) is 0 Å². The normalized spacial score (nSPS) is 16.3. The molecular weight excluding hydrogens is 438 g/mol. The Kier molecular flexibility index (Phi) is 6.70. The molecule has 0 radical (unpaired) electrons. The Morgan fingerprint density at radius 2 is 1.52 bits per heavy atom. The van der Waals surface area contributed by atoms with E-state index in [4.69, 9.17) is 4.74 Å². The number of carbonyl (C=O) groups excluding carboxylic acids is 2. The number of nitrogens with zero attached hydrogens (tertiary/aromatic N) is 1. The molecule has 7 heteroatoms. The van der Waals surface area contributed by atoms with Crippen molar-refractivity contribution >= 4 is 27.4 Å². The number of sulfone groups is 1. The predicted octanol–water partition coefficient (Wildman–Crippen LogP) is 3.78. The van der Waals surface area contributed by atoms with Crippen molar-refractivity contribution in [2.24, 2.45) is 0 Å². The SMILES string of the molecule is O=C(OCC(=O)N(c1ccccc1)C1C=CS(=O)(=O)C1)c1ccccc1Cc1ccccc1. The third-order valence-corrected chi connectivity index (χ3v) is 6.73. The van der Waals surface area contributed by atoms with Gasteiger partial charge in [0.2, 0.25) is 0 Å². The van der Waals surface area contributed by atoms with Crippen molar-refractivity contribution in [3.05, 3.63) is 113 Å². The van der Waals surface area contributed by atoms with Gasteiger partial charge in [0.05, 0.1) is 17.4 Å². The highest BCUT2D eigenvalue weighted by atomic mass is 32.2. The zero-order valence-corrected chi connectivity index (χ0v) is 18.6. The lowest BCUT2D eigenvalue weighted by atomic mass is 10.00. The molecule has 168 valence electrons. The van der Waals surface area contributed by atoms with E-state index in [9.17, 15) is 18.0 Å². The molecule has 1 aliphatic heterocycles. The minimum atomic E-state index is -3.37. The van der Waals surface area contributed by atoms with Crippen LogP contribution in [-0.4, -0.2) is 38.7 Å². The van der Waals surface area contributed by atoms with Gasteiger partial charge in [-0.1, -0.05) is 66.7 Å². The fourth-order valence-corrected chi connectivity index (χ4v) is 5.06. The number of esters is 1. The second-order valence-corrected chi connectivity index (χ2v) is 9.65. The Morgan fingerprint density at radius 3 is 2.18 bits per heavy atom. The van der Waals surface area contributed by atoms with Crippen molar-refractivity contribution in [2.75, 3.05) is 17.3 Å². The Bertz CT molecular complexity index is 1270. The quantitative estimate of drug-likeness (QED) is 0.500. The molecule has 3 aromatic carbocycles. The van der Waals surface area contributed by atoms with Gasteiger partial charge in [-0.15, -0.1) is 0 Å². The summed E-state index contributed by atoms with van der Waals surface area (Å²) < 4.78 is 29.2. The lowest BCUT2D eigenvalue weighted by Gasteiger charge is -2.27. The van der Waals surface area contributed by atoms with Gasteiger partial charge >= 0.3 is 5.97 Å². The van der Waals surface area contributed by atoms with Crippen LogP contribution in [0.15, 0.2) is 96.4 Å². The highest BCUT2D eigenvalue weighted by molar-refractivity contribution is 7.94. The van der Waals surface area contributed by atoms with Crippen LogP contribution in [0.1, 0.15) is 21.5 Å². The third kappa shape index (κ3) is 5.56. The average molecular weight is 462 g/mol. The van der Waals surface area contributed by atoms with Gasteiger partial charge in [-0.05, 0) is 41.8 Å². The van der Waals surface area contributed by atoms with Crippen LogP contribution in [0.2, 0.25) is 0 Å². The summed E-state index contributed by atoms with van der Waals surface area (Å²) in [7, 11) is -3.37. The van der Waals surface area contributed by atoms with Crippen molar-refractivity contribution in [1.82, 2.24) is 0 Å². The summed E-state index contributed by atoms with van der Waals surface area (Å²) in [6.45, 7) is -0.502. The minimum absolute atomic E-state index is 0.207. The molecule has 0 spiro atoms. The first-order valence-electron chi connectivity index (χ1n) is 10.5. The molecule has 0 N–H and O–H groups in total. The van der Waals surface area contributed by atoms with Crippen molar-refractivity contribution < 1.29 is 22.7 Å². The van der Waals surface area contributed by atoms with E-state index in [1.807, 2.05) is 42.5 Å². The fourth-order valence-electron chi connectivity index (χ4n) is 3.79. The molecule has 1 atom stereocenters. The molecule has 3 aromatic rings. The Labute approximate surface area is 193 Å². The number of hydrogen-bond acceptors (Lipinski definition) is 5. The molecule has 4 rings (SSSR count). The van der Waals surface area contributed by atoms with Crippen LogP contribution in [0.3, 0.4) is 0 Å². The Hall–Kier alpha value is -3.71. The molecule has 0 aromatic heterocycles. The molecule has 0 saturated heterocycles. The maximum atomic E-state index is 13.1. The molecule has 0 aliphatic carbocycles. The van der Waals surface area contributed by atoms with Gasteiger partial charge in [-0.2, -0.15) is 0 Å². The number of anilines is 1. The van der Waals surface area contributed by atoms with Gasteiger partial charge in [0.25, 0.3) is 5.91 Å². The van der Waals surface area contributed by atoms with Gasteiger partial charge in [-0.3, -0.25) is 4.79 Å².